The molecule has 2 N–H and O–H groups in total. The largest absolute Gasteiger partial charge is 0.329 e. The van der Waals surface area contributed by atoms with Crippen LogP contribution in [0.1, 0.15) is 64.7 Å². The summed E-state index contributed by atoms with van der Waals surface area (Å²) in [6, 6.07) is 0.872. The van der Waals surface area contributed by atoms with Crippen LogP contribution in [-0.2, 0) is 0 Å². The van der Waals surface area contributed by atoms with Crippen molar-refractivity contribution < 1.29 is 0 Å². The van der Waals surface area contributed by atoms with E-state index < -0.39 is 0 Å². The first kappa shape index (κ1) is 12.9. The van der Waals surface area contributed by atoms with Crippen LogP contribution in [0.5, 0.6) is 0 Å². The number of hydrogen-bond acceptors (Lipinski definition) is 2. The van der Waals surface area contributed by atoms with Gasteiger partial charge in [-0.1, -0.05) is 19.8 Å². The van der Waals surface area contributed by atoms with Gasteiger partial charge in [-0.2, -0.15) is 0 Å². The topological polar surface area (TPSA) is 29.3 Å². The molecule has 0 bridgehead atoms. The molecule has 2 saturated carbocycles. The fourth-order valence-corrected chi connectivity index (χ4v) is 4.95. The minimum absolute atomic E-state index is 0.365. The molecule has 3 fully saturated rings. The van der Waals surface area contributed by atoms with E-state index in [0.29, 0.717) is 5.54 Å². The van der Waals surface area contributed by atoms with Gasteiger partial charge in [0.05, 0.1) is 0 Å². The summed E-state index contributed by atoms with van der Waals surface area (Å²) in [4.78, 5) is 2.89. The van der Waals surface area contributed by atoms with E-state index in [-0.39, 0.29) is 0 Å². The Labute approximate surface area is 112 Å². The minimum Gasteiger partial charge on any atom is -0.329 e. The Balaban J connectivity index is 1.79. The summed E-state index contributed by atoms with van der Waals surface area (Å²) in [5.74, 6) is 1.90. The molecule has 0 aromatic carbocycles. The number of likely N-dealkylation sites (tertiary alicyclic amines) is 1. The molecule has 0 aromatic rings. The summed E-state index contributed by atoms with van der Waals surface area (Å²) in [6.07, 6.45) is 12.9. The molecule has 3 rings (SSSR count). The highest BCUT2D eigenvalue weighted by Gasteiger charge is 2.51. The van der Waals surface area contributed by atoms with Crippen molar-refractivity contribution in [3.05, 3.63) is 0 Å². The van der Waals surface area contributed by atoms with Crippen molar-refractivity contribution in [2.75, 3.05) is 13.1 Å². The molecule has 0 spiro atoms. The van der Waals surface area contributed by atoms with Crippen LogP contribution in [0.25, 0.3) is 0 Å². The van der Waals surface area contributed by atoms with Gasteiger partial charge in [0.15, 0.2) is 0 Å². The first-order chi connectivity index (χ1) is 8.81. The maximum absolute atomic E-state index is 6.26. The SMILES string of the molecule is CCC(CN)(C1CC1)N1CCCC1C1CCCC1. The molecule has 2 atom stereocenters. The molecule has 1 saturated heterocycles. The summed E-state index contributed by atoms with van der Waals surface area (Å²) in [6.45, 7) is 4.58. The van der Waals surface area contributed by atoms with Crippen LogP contribution < -0.4 is 5.73 Å². The van der Waals surface area contributed by atoms with Crippen LogP contribution in [0.2, 0.25) is 0 Å². The smallest absolute Gasteiger partial charge is 0.0360 e. The number of hydrogen-bond donors (Lipinski definition) is 1. The van der Waals surface area contributed by atoms with Crippen LogP contribution in [0.4, 0.5) is 0 Å². The molecule has 0 amide bonds. The molecule has 2 nitrogen and oxygen atoms in total. The lowest BCUT2D eigenvalue weighted by Gasteiger charge is -2.46. The Morgan fingerprint density at radius 1 is 1.06 bits per heavy atom. The Morgan fingerprint density at radius 2 is 1.78 bits per heavy atom. The zero-order valence-corrected chi connectivity index (χ0v) is 12.0. The predicted molar refractivity (Wildman–Crippen MR) is 76.5 cm³/mol. The Kier molecular flexibility index (Phi) is 3.68. The van der Waals surface area contributed by atoms with E-state index in [0.717, 1.165) is 24.4 Å². The van der Waals surface area contributed by atoms with Gasteiger partial charge in [-0.25, -0.2) is 0 Å². The number of nitrogens with two attached hydrogens (primary N) is 1. The van der Waals surface area contributed by atoms with E-state index in [2.05, 4.69) is 11.8 Å². The van der Waals surface area contributed by atoms with E-state index in [4.69, 9.17) is 5.73 Å². The fraction of sp³-hybridized carbons (Fsp3) is 1.00. The van der Waals surface area contributed by atoms with Gasteiger partial charge in [0.25, 0.3) is 0 Å². The minimum atomic E-state index is 0.365. The standard InChI is InChI=1S/C16H30N2/c1-2-16(12-17,14-9-10-14)18-11-5-8-15(18)13-6-3-4-7-13/h13-15H,2-12,17H2,1H3. The molecule has 104 valence electrons. The summed E-state index contributed by atoms with van der Waals surface area (Å²) >= 11 is 0. The van der Waals surface area contributed by atoms with Gasteiger partial charge in [-0.05, 0) is 63.3 Å². The van der Waals surface area contributed by atoms with Gasteiger partial charge in [-0.3, -0.25) is 4.90 Å². The van der Waals surface area contributed by atoms with E-state index >= 15 is 0 Å². The Hall–Kier alpha value is -0.0800. The zero-order valence-electron chi connectivity index (χ0n) is 12.0. The molecular formula is C16H30N2. The Bertz CT molecular complexity index is 275. The van der Waals surface area contributed by atoms with Crippen LogP contribution in [-0.4, -0.2) is 29.6 Å². The summed E-state index contributed by atoms with van der Waals surface area (Å²) in [7, 11) is 0. The van der Waals surface area contributed by atoms with Crippen LogP contribution in [0.3, 0.4) is 0 Å². The molecule has 0 aromatic heterocycles. The van der Waals surface area contributed by atoms with Gasteiger partial charge >= 0.3 is 0 Å². The highest BCUT2D eigenvalue weighted by Crippen LogP contribution is 2.49. The van der Waals surface area contributed by atoms with Crippen molar-refractivity contribution in [2.45, 2.75) is 76.3 Å². The maximum Gasteiger partial charge on any atom is 0.0360 e. The highest BCUT2D eigenvalue weighted by atomic mass is 15.3. The van der Waals surface area contributed by atoms with Crippen molar-refractivity contribution >= 4 is 0 Å². The third kappa shape index (κ3) is 2.02. The van der Waals surface area contributed by atoms with Crippen LogP contribution >= 0.6 is 0 Å². The van der Waals surface area contributed by atoms with Crippen molar-refractivity contribution in [1.29, 1.82) is 0 Å². The second-order valence-corrected chi connectivity index (χ2v) is 6.88. The molecule has 1 aliphatic heterocycles. The molecule has 2 heteroatoms. The molecule has 2 aliphatic carbocycles. The second kappa shape index (κ2) is 5.13. The quantitative estimate of drug-likeness (QED) is 0.812. The molecule has 2 unspecified atom stereocenters. The Morgan fingerprint density at radius 3 is 2.33 bits per heavy atom. The molecule has 0 radical (unpaired) electrons. The summed E-state index contributed by atoms with van der Waals surface area (Å²) < 4.78 is 0. The maximum atomic E-state index is 6.26. The third-order valence-corrected chi connectivity index (χ3v) is 6.12. The molecular weight excluding hydrogens is 220 g/mol. The first-order valence-corrected chi connectivity index (χ1v) is 8.28. The highest BCUT2D eigenvalue weighted by molar-refractivity contribution is 5.07. The lowest BCUT2D eigenvalue weighted by Crippen LogP contribution is -2.58. The molecule has 1 heterocycles. The van der Waals surface area contributed by atoms with Gasteiger partial charge in [0.2, 0.25) is 0 Å². The normalized spacial score (nSPS) is 34.0. The lowest BCUT2D eigenvalue weighted by atomic mass is 9.84. The van der Waals surface area contributed by atoms with Gasteiger partial charge in [-0.15, -0.1) is 0 Å². The van der Waals surface area contributed by atoms with Crippen molar-refractivity contribution in [1.82, 2.24) is 4.90 Å². The average molecular weight is 250 g/mol. The van der Waals surface area contributed by atoms with Crippen molar-refractivity contribution in [3.8, 4) is 0 Å². The molecule has 3 aliphatic rings. The van der Waals surface area contributed by atoms with E-state index in [1.165, 1.54) is 64.3 Å². The van der Waals surface area contributed by atoms with Crippen LogP contribution in [0.15, 0.2) is 0 Å². The summed E-state index contributed by atoms with van der Waals surface area (Å²) in [5.41, 5.74) is 6.62. The van der Waals surface area contributed by atoms with Crippen LogP contribution in [0, 0.1) is 11.8 Å². The van der Waals surface area contributed by atoms with Crippen molar-refractivity contribution in [3.63, 3.8) is 0 Å². The lowest BCUT2D eigenvalue weighted by molar-refractivity contribution is 0.0330. The monoisotopic (exact) mass is 250 g/mol. The van der Waals surface area contributed by atoms with E-state index in [9.17, 15) is 0 Å². The van der Waals surface area contributed by atoms with Crippen molar-refractivity contribution in [2.24, 2.45) is 17.6 Å². The van der Waals surface area contributed by atoms with E-state index in [1.54, 1.807) is 0 Å². The number of rotatable bonds is 5. The van der Waals surface area contributed by atoms with Gasteiger partial charge < -0.3 is 5.73 Å². The molecule has 18 heavy (non-hydrogen) atoms. The van der Waals surface area contributed by atoms with Gasteiger partial charge in [0, 0.05) is 18.1 Å². The first-order valence-electron chi connectivity index (χ1n) is 8.28. The zero-order chi connectivity index (χ0) is 12.6. The fourth-order valence-electron chi connectivity index (χ4n) is 4.95. The third-order valence-electron chi connectivity index (χ3n) is 6.12. The number of nitrogens with zero attached hydrogens (tertiary/aromatic N) is 1. The predicted octanol–water partition coefficient (Wildman–Crippen LogP) is 3.16. The average Bonchev–Trinajstić information content (AvgIpc) is 2.94. The van der Waals surface area contributed by atoms with E-state index in [1.807, 2.05) is 0 Å². The second-order valence-electron chi connectivity index (χ2n) is 6.88. The van der Waals surface area contributed by atoms with Gasteiger partial charge in [0.1, 0.15) is 0 Å². The summed E-state index contributed by atoms with van der Waals surface area (Å²) in [5, 5.41) is 0.